The maximum atomic E-state index is 13.7. The molecule has 0 saturated carbocycles. The predicted octanol–water partition coefficient (Wildman–Crippen LogP) is 4.51. The number of aliphatic hydroxyl groups excluding tert-OH is 1. The summed E-state index contributed by atoms with van der Waals surface area (Å²) in [6.07, 6.45) is 3.57. The molecule has 3 N–H and O–H groups in total. The molecule has 0 aliphatic carbocycles. The summed E-state index contributed by atoms with van der Waals surface area (Å²) in [6.45, 7) is 5.82. The maximum absolute atomic E-state index is 13.7. The van der Waals surface area contributed by atoms with Crippen molar-refractivity contribution < 1.29 is 27.9 Å². The number of oxazole rings is 1. The summed E-state index contributed by atoms with van der Waals surface area (Å²) in [5.41, 5.74) is 2.55. The third-order valence-electron chi connectivity index (χ3n) is 6.40. The van der Waals surface area contributed by atoms with Crippen molar-refractivity contribution in [2.45, 2.75) is 52.2 Å². The molecule has 2 aromatic heterocycles. The first-order valence-corrected chi connectivity index (χ1v) is 12.4. The van der Waals surface area contributed by atoms with Crippen LogP contribution >= 0.6 is 0 Å². The van der Waals surface area contributed by atoms with Crippen molar-refractivity contribution in [3.63, 3.8) is 0 Å². The lowest BCUT2D eigenvalue weighted by Crippen LogP contribution is -2.36. The normalized spacial score (nSPS) is 12.2. The van der Waals surface area contributed by atoms with Gasteiger partial charge in [-0.05, 0) is 42.2 Å². The fourth-order valence-corrected chi connectivity index (χ4v) is 4.45. The van der Waals surface area contributed by atoms with E-state index in [4.69, 9.17) is 4.42 Å². The third kappa shape index (κ3) is 5.60. The van der Waals surface area contributed by atoms with Crippen molar-refractivity contribution in [1.82, 2.24) is 20.2 Å². The monoisotopic (exact) mass is 524 g/mol. The van der Waals surface area contributed by atoms with Crippen LogP contribution in [0.1, 0.15) is 71.0 Å². The van der Waals surface area contributed by atoms with Gasteiger partial charge in [0, 0.05) is 23.2 Å². The maximum Gasteiger partial charge on any atom is 0.254 e. The van der Waals surface area contributed by atoms with Crippen LogP contribution in [0.4, 0.5) is 8.78 Å². The van der Waals surface area contributed by atoms with Gasteiger partial charge < -0.3 is 24.7 Å². The molecule has 2 aromatic carbocycles. The molecule has 0 radical (unpaired) electrons. The zero-order chi connectivity index (χ0) is 27.4. The van der Waals surface area contributed by atoms with Crippen molar-refractivity contribution in [2.75, 3.05) is 6.61 Å². The van der Waals surface area contributed by atoms with Crippen LogP contribution in [0.5, 0.6) is 0 Å². The number of halogens is 2. The lowest BCUT2D eigenvalue weighted by Gasteiger charge is -2.15. The Morgan fingerprint density at radius 2 is 1.89 bits per heavy atom. The molecule has 0 bridgehead atoms. The Morgan fingerprint density at radius 1 is 1.11 bits per heavy atom. The Balaban J connectivity index is 1.77. The van der Waals surface area contributed by atoms with Crippen molar-refractivity contribution in [3.05, 3.63) is 88.8 Å². The van der Waals surface area contributed by atoms with Gasteiger partial charge in [-0.1, -0.05) is 32.9 Å². The molecule has 0 spiro atoms. The fourth-order valence-electron chi connectivity index (χ4n) is 4.45. The lowest BCUT2D eigenvalue weighted by atomic mass is 10.0. The zero-order valence-electron chi connectivity index (χ0n) is 21.4. The van der Waals surface area contributed by atoms with Crippen molar-refractivity contribution in [2.24, 2.45) is 0 Å². The van der Waals surface area contributed by atoms with E-state index >= 15 is 0 Å². The van der Waals surface area contributed by atoms with Gasteiger partial charge in [-0.2, -0.15) is 0 Å². The van der Waals surface area contributed by atoms with Crippen LogP contribution in [0, 0.1) is 11.6 Å². The van der Waals surface area contributed by atoms with E-state index in [1.165, 1.54) is 18.5 Å². The van der Waals surface area contributed by atoms with Crippen LogP contribution < -0.4 is 10.6 Å². The summed E-state index contributed by atoms with van der Waals surface area (Å²) in [4.78, 5) is 30.7. The first kappa shape index (κ1) is 27.0. The number of nitrogens with one attached hydrogen (secondary N) is 2. The molecule has 10 heteroatoms. The van der Waals surface area contributed by atoms with E-state index in [0.29, 0.717) is 45.6 Å². The molecule has 0 aliphatic rings. The highest BCUT2D eigenvalue weighted by molar-refractivity contribution is 6.10. The number of aromatic nitrogens is 2. The molecule has 38 heavy (non-hydrogen) atoms. The molecular formula is C28H30F2N4O4. The summed E-state index contributed by atoms with van der Waals surface area (Å²) in [7, 11) is 0. The molecule has 1 unspecified atom stereocenters. The number of aliphatic hydroxyl groups is 1. The number of nitrogens with zero attached hydrogens (tertiary/aromatic N) is 2. The molecule has 0 saturated heterocycles. The number of hydrogen-bond donors (Lipinski definition) is 3. The highest BCUT2D eigenvalue weighted by Crippen LogP contribution is 2.33. The first-order valence-electron chi connectivity index (χ1n) is 12.4. The van der Waals surface area contributed by atoms with Gasteiger partial charge in [-0.15, -0.1) is 0 Å². The van der Waals surface area contributed by atoms with Gasteiger partial charge in [0.15, 0.2) is 11.6 Å². The van der Waals surface area contributed by atoms with Gasteiger partial charge >= 0.3 is 0 Å². The molecule has 1 atom stereocenters. The van der Waals surface area contributed by atoms with E-state index in [0.717, 1.165) is 12.1 Å². The fraction of sp³-hybridized carbons (Fsp3) is 0.321. The minimum atomic E-state index is -0.987. The Morgan fingerprint density at radius 3 is 2.53 bits per heavy atom. The topological polar surface area (TPSA) is 109 Å². The summed E-state index contributed by atoms with van der Waals surface area (Å²) in [6, 6.07) is 8.16. The van der Waals surface area contributed by atoms with Gasteiger partial charge in [0.05, 0.1) is 36.5 Å². The second-order valence-electron chi connectivity index (χ2n) is 9.35. The summed E-state index contributed by atoms with van der Waals surface area (Å²) < 4.78 is 34.4. The molecular weight excluding hydrogens is 494 g/mol. The van der Waals surface area contributed by atoms with Crippen LogP contribution in [0.3, 0.4) is 0 Å². The second kappa shape index (κ2) is 11.6. The highest BCUT2D eigenvalue weighted by Gasteiger charge is 2.26. The molecule has 0 aliphatic heterocycles. The number of amides is 2. The van der Waals surface area contributed by atoms with Crippen molar-refractivity contribution >= 4 is 22.7 Å². The molecule has 4 aromatic rings. The molecule has 4 rings (SSSR count). The van der Waals surface area contributed by atoms with Crippen LogP contribution in [0.15, 0.2) is 53.3 Å². The van der Waals surface area contributed by atoms with Crippen LogP contribution in [-0.4, -0.2) is 39.1 Å². The van der Waals surface area contributed by atoms with Gasteiger partial charge in [0.1, 0.15) is 6.26 Å². The number of benzene rings is 2. The third-order valence-corrected chi connectivity index (χ3v) is 6.40. The first-order chi connectivity index (χ1) is 18.2. The largest absolute Gasteiger partial charge is 0.447 e. The van der Waals surface area contributed by atoms with Gasteiger partial charge in [-0.3, -0.25) is 9.59 Å². The van der Waals surface area contributed by atoms with E-state index in [9.17, 15) is 23.5 Å². The average Bonchev–Trinajstić information content (AvgIpc) is 3.53. The smallest absolute Gasteiger partial charge is 0.254 e. The van der Waals surface area contributed by atoms with Crippen molar-refractivity contribution in [1.29, 1.82) is 0 Å². The Hall–Kier alpha value is -4.05. The quantitative estimate of drug-likeness (QED) is 0.283. The van der Waals surface area contributed by atoms with E-state index < -0.39 is 17.5 Å². The Kier molecular flexibility index (Phi) is 8.21. The van der Waals surface area contributed by atoms with E-state index in [-0.39, 0.29) is 37.6 Å². The minimum Gasteiger partial charge on any atom is -0.447 e. The predicted molar refractivity (Wildman–Crippen MR) is 138 cm³/mol. The zero-order valence-corrected chi connectivity index (χ0v) is 21.4. The number of rotatable bonds is 10. The minimum absolute atomic E-state index is 0.0000365. The molecule has 200 valence electrons. The van der Waals surface area contributed by atoms with E-state index in [1.54, 1.807) is 18.2 Å². The Bertz CT molecular complexity index is 1440. The van der Waals surface area contributed by atoms with Gasteiger partial charge in [0.2, 0.25) is 5.89 Å². The van der Waals surface area contributed by atoms with Gasteiger partial charge in [-0.25, -0.2) is 13.8 Å². The number of carbonyl (C=O) groups excluding carboxylic acids is 2. The summed E-state index contributed by atoms with van der Waals surface area (Å²) in [5.74, 6) is -2.35. The molecule has 0 fully saturated rings. The summed E-state index contributed by atoms with van der Waals surface area (Å²) >= 11 is 0. The SMILES string of the molecule is CCC(CO)NC(=O)c1ccc2c(C(=O)NCc3ccc(F)c(F)c3)c(C(C)C)n(Cc3ncco3)c2c1. The van der Waals surface area contributed by atoms with E-state index in [1.807, 2.05) is 25.3 Å². The van der Waals surface area contributed by atoms with Gasteiger partial charge in [0.25, 0.3) is 11.8 Å². The van der Waals surface area contributed by atoms with Crippen molar-refractivity contribution in [3.8, 4) is 0 Å². The van der Waals surface area contributed by atoms with E-state index in [2.05, 4.69) is 15.6 Å². The molecule has 8 nitrogen and oxygen atoms in total. The molecule has 2 amide bonds. The average molecular weight is 525 g/mol. The summed E-state index contributed by atoms with van der Waals surface area (Å²) in [5, 5.41) is 15.7. The number of carbonyl (C=O) groups is 2. The number of fused-ring (bicyclic) bond motifs is 1. The van der Waals surface area contributed by atoms with Crippen LogP contribution in [-0.2, 0) is 13.1 Å². The van der Waals surface area contributed by atoms with Crippen LogP contribution in [0.2, 0.25) is 0 Å². The Labute approximate surface area is 218 Å². The number of hydrogen-bond acceptors (Lipinski definition) is 5. The molecule has 2 heterocycles. The second-order valence-corrected chi connectivity index (χ2v) is 9.35. The highest BCUT2D eigenvalue weighted by atomic mass is 19.2. The van der Waals surface area contributed by atoms with Crippen LogP contribution in [0.25, 0.3) is 10.9 Å². The standard InChI is InChI=1S/C28H30F2N4O4/c1-4-19(15-35)33-27(36)18-6-7-20-23(12-18)34(14-24-31-9-10-38-24)26(16(2)3)25(20)28(37)32-13-17-5-8-21(29)22(30)11-17/h5-12,16,19,35H,4,13-15H2,1-3H3,(H,32,37)(H,33,36). The lowest BCUT2D eigenvalue weighted by molar-refractivity contribution is 0.0913.